The van der Waals surface area contributed by atoms with Gasteiger partial charge < -0.3 is 4.90 Å². The van der Waals surface area contributed by atoms with E-state index in [4.69, 9.17) is 5.14 Å². The lowest BCUT2D eigenvalue weighted by atomic mass is 9.98. The maximum atomic E-state index is 11.5. The molecule has 0 radical (unpaired) electrons. The number of rotatable bonds is 4. The molecule has 0 aromatic heterocycles. The minimum atomic E-state index is -3.62. The largest absolute Gasteiger partial charge is 0.342 e. The molecular formula is C9H19N3O3S. The topological polar surface area (TPSA) is 92.5 Å². The Morgan fingerprint density at radius 3 is 2.81 bits per heavy atom. The third kappa shape index (κ3) is 4.46. The summed E-state index contributed by atoms with van der Waals surface area (Å²) in [4.78, 5) is 13.3. The monoisotopic (exact) mass is 249 g/mol. The summed E-state index contributed by atoms with van der Waals surface area (Å²) >= 11 is 0. The lowest BCUT2D eigenvalue weighted by Crippen LogP contribution is -2.44. The Bertz CT molecular complexity index is 342. The van der Waals surface area contributed by atoms with Crippen molar-refractivity contribution in [1.29, 1.82) is 0 Å². The van der Waals surface area contributed by atoms with Gasteiger partial charge >= 0.3 is 0 Å². The van der Waals surface area contributed by atoms with Gasteiger partial charge in [-0.3, -0.25) is 4.79 Å². The van der Waals surface area contributed by atoms with Crippen molar-refractivity contribution < 1.29 is 13.2 Å². The lowest BCUT2D eigenvalue weighted by molar-refractivity contribution is -0.132. The SMILES string of the molecule is CCC(=O)N1CCCC(CNS(N)(=O)=O)C1. The van der Waals surface area contributed by atoms with Crippen molar-refractivity contribution in [2.45, 2.75) is 26.2 Å². The maximum absolute atomic E-state index is 11.5. The summed E-state index contributed by atoms with van der Waals surface area (Å²) in [5, 5.41) is 4.85. The predicted octanol–water partition coefficient (Wildman–Crippen LogP) is -0.572. The molecule has 0 aliphatic carbocycles. The molecule has 0 aromatic rings. The first-order valence-electron chi connectivity index (χ1n) is 5.47. The highest BCUT2D eigenvalue weighted by Gasteiger charge is 2.23. The second-order valence-corrected chi connectivity index (χ2v) is 5.47. The first-order chi connectivity index (χ1) is 7.42. The smallest absolute Gasteiger partial charge is 0.274 e. The van der Waals surface area contributed by atoms with Crippen LogP contribution in [0.25, 0.3) is 0 Å². The van der Waals surface area contributed by atoms with E-state index in [2.05, 4.69) is 4.72 Å². The van der Waals surface area contributed by atoms with Gasteiger partial charge in [-0.2, -0.15) is 8.42 Å². The molecule has 1 rings (SSSR count). The molecule has 16 heavy (non-hydrogen) atoms. The fourth-order valence-electron chi connectivity index (χ4n) is 1.92. The molecule has 1 aliphatic rings. The number of carbonyl (C=O) groups is 1. The summed E-state index contributed by atoms with van der Waals surface area (Å²) in [5.74, 6) is 0.294. The number of amides is 1. The molecule has 1 saturated heterocycles. The van der Waals surface area contributed by atoms with Crippen molar-refractivity contribution in [1.82, 2.24) is 9.62 Å². The van der Waals surface area contributed by atoms with Gasteiger partial charge in [-0.05, 0) is 18.8 Å². The molecule has 7 heteroatoms. The third-order valence-corrected chi connectivity index (χ3v) is 3.32. The minimum Gasteiger partial charge on any atom is -0.342 e. The zero-order valence-corrected chi connectivity index (χ0v) is 10.3. The lowest BCUT2D eigenvalue weighted by Gasteiger charge is -2.32. The molecule has 0 aromatic carbocycles. The molecule has 0 bridgehead atoms. The normalized spacial score (nSPS) is 22.1. The molecule has 1 heterocycles. The van der Waals surface area contributed by atoms with Crippen LogP contribution in [0.3, 0.4) is 0 Å². The average Bonchev–Trinajstić information content (AvgIpc) is 2.25. The van der Waals surface area contributed by atoms with Crippen molar-refractivity contribution in [2.75, 3.05) is 19.6 Å². The Labute approximate surface area is 96.4 Å². The van der Waals surface area contributed by atoms with Crippen LogP contribution in [0.15, 0.2) is 0 Å². The number of hydrogen-bond donors (Lipinski definition) is 2. The van der Waals surface area contributed by atoms with Crippen LogP contribution >= 0.6 is 0 Å². The van der Waals surface area contributed by atoms with Crippen LogP contribution < -0.4 is 9.86 Å². The molecule has 3 N–H and O–H groups in total. The van der Waals surface area contributed by atoms with Gasteiger partial charge in [0.05, 0.1) is 0 Å². The van der Waals surface area contributed by atoms with E-state index in [9.17, 15) is 13.2 Å². The summed E-state index contributed by atoms with van der Waals surface area (Å²) in [6.07, 6.45) is 2.34. The van der Waals surface area contributed by atoms with E-state index < -0.39 is 10.2 Å². The Morgan fingerprint density at radius 1 is 1.56 bits per heavy atom. The van der Waals surface area contributed by atoms with Crippen LogP contribution in [0.5, 0.6) is 0 Å². The van der Waals surface area contributed by atoms with Crippen molar-refractivity contribution in [3.63, 3.8) is 0 Å². The van der Waals surface area contributed by atoms with Gasteiger partial charge in [0.25, 0.3) is 10.2 Å². The quantitative estimate of drug-likeness (QED) is 0.698. The third-order valence-electron chi connectivity index (χ3n) is 2.75. The van der Waals surface area contributed by atoms with E-state index in [0.717, 1.165) is 19.4 Å². The Hall–Kier alpha value is -0.660. The Balaban J connectivity index is 2.42. The summed E-state index contributed by atoms with van der Waals surface area (Å²) < 4.78 is 23.7. The second kappa shape index (κ2) is 5.60. The van der Waals surface area contributed by atoms with E-state index in [0.29, 0.717) is 19.5 Å². The molecule has 0 saturated carbocycles. The Morgan fingerprint density at radius 2 is 2.25 bits per heavy atom. The van der Waals surface area contributed by atoms with E-state index >= 15 is 0 Å². The number of nitrogens with two attached hydrogens (primary N) is 1. The number of nitrogens with zero attached hydrogens (tertiary/aromatic N) is 1. The highest BCUT2D eigenvalue weighted by Crippen LogP contribution is 2.16. The van der Waals surface area contributed by atoms with Crippen LogP contribution in [0, 0.1) is 5.92 Å². The second-order valence-electron chi connectivity index (χ2n) is 4.10. The van der Waals surface area contributed by atoms with Crippen LogP contribution in [0.1, 0.15) is 26.2 Å². The zero-order valence-electron chi connectivity index (χ0n) is 9.48. The Kier molecular flexibility index (Phi) is 4.69. The van der Waals surface area contributed by atoms with Gasteiger partial charge in [-0.25, -0.2) is 9.86 Å². The molecule has 1 unspecified atom stereocenters. The number of likely N-dealkylation sites (tertiary alicyclic amines) is 1. The van der Waals surface area contributed by atoms with Crippen molar-refractivity contribution in [3.05, 3.63) is 0 Å². The van der Waals surface area contributed by atoms with Gasteiger partial charge in [-0.1, -0.05) is 6.92 Å². The highest BCUT2D eigenvalue weighted by atomic mass is 32.2. The molecule has 0 spiro atoms. The molecule has 94 valence electrons. The summed E-state index contributed by atoms with van der Waals surface area (Å²) in [7, 11) is -3.62. The van der Waals surface area contributed by atoms with Crippen LogP contribution in [-0.2, 0) is 15.0 Å². The maximum Gasteiger partial charge on any atom is 0.274 e. The van der Waals surface area contributed by atoms with Crippen LogP contribution in [0.4, 0.5) is 0 Å². The predicted molar refractivity (Wildman–Crippen MR) is 60.7 cm³/mol. The van der Waals surface area contributed by atoms with Crippen molar-refractivity contribution in [3.8, 4) is 0 Å². The fraction of sp³-hybridized carbons (Fsp3) is 0.889. The van der Waals surface area contributed by atoms with Gasteiger partial charge in [0.2, 0.25) is 5.91 Å². The summed E-state index contributed by atoms with van der Waals surface area (Å²) in [6.45, 7) is 3.54. The van der Waals surface area contributed by atoms with Gasteiger partial charge in [0.15, 0.2) is 0 Å². The first-order valence-corrected chi connectivity index (χ1v) is 7.02. The number of nitrogens with one attached hydrogen (secondary N) is 1. The van der Waals surface area contributed by atoms with Gasteiger partial charge in [0.1, 0.15) is 0 Å². The standard InChI is InChI=1S/C9H19N3O3S/c1-2-9(13)12-5-3-4-8(7-12)6-11-16(10,14)15/h8,11H,2-7H2,1H3,(H2,10,14,15). The summed E-state index contributed by atoms with van der Waals surface area (Å²) in [5.41, 5.74) is 0. The number of piperidine rings is 1. The molecule has 1 atom stereocenters. The molecule has 1 amide bonds. The van der Waals surface area contributed by atoms with E-state index in [1.807, 2.05) is 6.92 Å². The van der Waals surface area contributed by atoms with Crippen molar-refractivity contribution >= 4 is 16.1 Å². The number of carbonyl (C=O) groups excluding carboxylic acids is 1. The number of hydrogen-bond acceptors (Lipinski definition) is 3. The molecule has 1 aliphatic heterocycles. The molecule has 1 fully saturated rings. The van der Waals surface area contributed by atoms with E-state index in [1.54, 1.807) is 4.90 Å². The highest BCUT2D eigenvalue weighted by molar-refractivity contribution is 7.87. The minimum absolute atomic E-state index is 0.125. The zero-order chi connectivity index (χ0) is 12.2. The fourth-order valence-corrected chi connectivity index (χ4v) is 2.38. The molecule has 6 nitrogen and oxygen atoms in total. The van der Waals surface area contributed by atoms with Gasteiger partial charge in [0, 0.05) is 26.1 Å². The summed E-state index contributed by atoms with van der Waals surface area (Å²) in [6, 6.07) is 0. The van der Waals surface area contributed by atoms with E-state index in [1.165, 1.54) is 0 Å². The average molecular weight is 249 g/mol. The van der Waals surface area contributed by atoms with Gasteiger partial charge in [-0.15, -0.1) is 0 Å². The first kappa shape index (κ1) is 13.4. The van der Waals surface area contributed by atoms with E-state index in [-0.39, 0.29) is 11.8 Å². The van der Waals surface area contributed by atoms with Crippen LogP contribution in [0.2, 0.25) is 0 Å². The van der Waals surface area contributed by atoms with Crippen LogP contribution in [-0.4, -0.2) is 38.9 Å². The van der Waals surface area contributed by atoms with Crippen molar-refractivity contribution in [2.24, 2.45) is 11.1 Å². The molecular weight excluding hydrogens is 230 g/mol.